The lowest BCUT2D eigenvalue weighted by Gasteiger charge is -2.45. The Labute approximate surface area is 112 Å². The van der Waals surface area contributed by atoms with Gasteiger partial charge in [-0.2, -0.15) is 0 Å². The molecule has 1 N–H and O–H groups in total. The highest BCUT2D eigenvalue weighted by atomic mass is 19.1. The minimum Gasteiger partial charge on any atom is -0.379 e. The van der Waals surface area contributed by atoms with Gasteiger partial charge in [-0.05, 0) is 49.9 Å². The lowest BCUT2D eigenvalue weighted by atomic mass is 9.71. The van der Waals surface area contributed by atoms with Crippen molar-refractivity contribution < 1.29 is 13.5 Å². The van der Waals surface area contributed by atoms with Crippen LogP contribution in [0.25, 0.3) is 0 Å². The first-order valence-corrected chi connectivity index (χ1v) is 6.94. The van der Waals surface area contributed by atoms with Crippen molar-refractivity contribution in [2.24, 2.45) is 5.92 Å². The summed E-state index contributed by atoms with van der Waals surface area (Å²) in [6.45, 7) is 3.16. The van der Waals surface area contributed by atoms with E-state index in [9.17, 15) is 8.78 Å². The van der Waals surface area contributed by atoms with E-state index in [0.29, 0.717) is 24.7 Å². The van der Waals surface area contributed by atoms with Gasteiger partial charge in [0.15, 0.2) is 0 Å². The molecular weight excluding hydrogens is 248 g/mol. The number of nitrogens with one attached hydrogen (secondary N) is 1. The summed E-state index contributed by atoms with van der Waals surface area (Å²) in [5.74, 6) is -0.398. The normalized spacial score (nSPS) is 25.9. The van der Waals surface area contributed by atoms with E-state index in [2.05, 4.69) is 5.32 Å². The van der Waals surface area contributed by atoms with E-state index in [1.54, 1.807) is 6.07 Å². The molecule has 1 aromatic rings. The fourth-order valence-electron chi connectivity index (χ4n) is 3.30. The van der Waals surface area contributed by atoms with E-state index in [4.69, 9.17) is 4.74 Å². The predicted octanol–water partition coefficient (Wildman–Crippen LogP) is 2.62. The molecule has 2 aliphatic heterocycles. The van der Waals surface area contributed by atoms with Gasteiger partial charge in [-0.1, -0.05) is 6.07 Å². The van der Waals surface area contributed by atoms with Crippen LogP contribution in [-0.2, 0) is 10.2 Å². The van der Waals surface area contributed by atoms with Crippen molar-refractivity contribution in [1.29, 1.82) is 0 Å². The van der Waals surface area contributed by atoms with Crippen LogP contribution in [0.1, 0.15) is 24.8 Å². The molecule has 2 heterocycles. The summed E-state index contributed by atoms with van der Waals surface area (Å²) >= 11 is 0. The maximum atomic E-state index is 14.0. The van der Waals surface area contributed by atoms with Crippen LogP contribution >= 0.6 is 0 Å². The van der Waals surface area contributed by atoms with E-state index in [1.165, 1.54) is 18.9 Å². The van der Waals surface area contributed by atoms with Crippen molar-refractivity contribution in [2.75, 3.05) is 26.3 Å². The highest BCUT2D eigenvalue weighted by Gasteiger charge is 2.43. The number of hydrogen-bond acceptors (Lipinski definition) is 2. The fourth-order valence-corrected chi connectivity index (χ4v) is 3.30. The third-order valence-corrected chi connectivity index (χ3v) is 4.34. The minimum atomic E-state index is -0.518. The average Bonchev–Trinajstić information content (AvgIpc) is 2.36. The molecule has 0 aliphatic carbocycles. The Bertz CT molecular complexity index is 453. The zero-order chi connectivity index (χ0) is 13.3. The molecule has 4 heteroatoms. The van der Waals surface area contributed by atoms with Gasteiger partial charge in [-0.15, -0.1) is 0 Å². The molecule has 0 spiro atoms. The number of benzene rings is 1. The molecule has 1 atom stereocenters. The molecule has 3 rings (SSSR count). The molecule has 2 fully saturated rings. The monoisotopic (exact) mass is 267 g/mol. The number of halogens is 2. The van der Waals surface area contributed by atoms with Crippen LogP contribution in [0.4, 0.5) is 8.78 Å². The Morgan fingerprint density at radius 1 is 1.32 bits per heavy atom. The third-order valence-electron chi connectivity index (χ3n) is 4.34. The number of rotatable bonds is 3. The van der Waals surface area contributed by atoms with Crippen LogP contribution in [0.2, 0.25) is 0 Å². The summed E-state index contributed by atoms with van der Waals surface area (Å²) in [7, 11) is 0. The van der Waals surface area contributed by atoms with Crippen LogP contribution in [0.3, 0.4) is 0 Å². The highest BCUT2D eigenvalue weighted by Crippen LogP contribution is 2.40. The first-order valence-electron chi connectivity index (χ1n) is 6.94. The summed E-state index contributed by atoms with van der Waals surface area (Å²) in [5.41, 5.74) is 0.368. The van der Waals surface area contributed by atoms with E-state index in [0.717, 1.165) is 25.6 Å². The number of ether oxygens (including phenoxy) is 1. The molecule has 0 saturated carbocycles. The second-order valence-electron chi connectivity index (χ2n) is 5.81. The average molecular weight is 267 g/mol. The smallest absolute Gasteiger partial charge is 0.130 e. The van der Waals surface area contributed by atoms with Crippen molar-refractivity contribution >= 4 is 0 Å². The van der Waals surface area contributed by atoms with Gasteiger partial charge in [0, 0.05) is 11.5 Å². The zero-order valence-electron chi connectivity index (χ0n) is 10.9. The summed E-state index contributed by atoms with van der Waals surface area (Å²) in [6, 6.07) is 3.91. The van der Waals surface area contributed by atoms with Gasteiger partial charge in [0.1, 0.15) is 11.6 Å². The largest absolute Gasteiger partial charge is 0.379 e. The Hall–Kier alpha value is -1.00. The molecule has 104 valence electrons. The van der Waals surface area contributed by atoms with Crippen molar-refractivity contribution in [2.45, 2.75) is 24.7 Å². The second-order valence-corrected chi connectivity index (χ2v) is 5.81. The lowest BCUT2D eigenvalue weighted by molar-refractivity contribution is -0.0742. The summed E-state index contributed by atoms with van der Waals surface area (Å²) < 4.78 is 32.4. The van der Waals surface area contributed by atoms with Gasteiger partial charge < -0.3 is 10.1 Å². The molecular formula is C15H19F2NO. The van der Waals surface area contributed by atoms with Gasteiger partial charge in [0.25, 0.3) is 0 Å². The fraction of sp³-hybridized carbons (Fsp3) is 0.600. The molecule has 1 aromatic carbocycles. The van der Waals surface area contributed by atoms with Crippen molar-refractivity contribution in [3.63, 3.8) is 0 Å². The predicted molar refractivity (Wildman–Crippen MR) is 69.1 cm³/mol. The van der Waals surface area contributed by atoms with E-state index < -0.39 is 11.6 Å². The van der Waals surface area contributed by atoms with Crippen molar-refractivity contribution in [1.82, 2.24) is 5.32 Å². The third kappa shape index (κ3) is 2.51. The van der Waals surface area contributed by atoms with Gasteiger partial charge in [0.05, 0.1) is 13.2 Å². The Morgan fingerprint density at radius 2 is 2.16 bits per heavy atom. The summed E-state index contributed by atoms with van der Waals surface area (Å²) in [6.07, 6.45) is 3.27. The van der Waals surface area contributed by atoms with Crippen LogP contribution in [-0.4, -0.2) is 26.3 Å². The quantitative estimate of drug-likeness (QED) is 0.909. The summed E-state index contributed by atoms with van der Waals surface area (Å²) in [4.78, 5) is 0. The van der Waals surface area contributed by atoms with Crippen LogP contribution in [0.5, 0.6) is 0 Å². The van der Waals surface area contributed by atoms with Crippen LogP contribution in [0.15, 0.2) is 18.2 Å². The first kappa shape index (κ1) is 13.0. The molecule has 0 bridgehead atoms. The molecule has 0 amide bonds. The van der Waals surface area contributed by atoms with Gasteiger partial charge in [0.2, 0.25) is 0 Å². The standard InChI is InChI=1S/C15H19F2NO/c16-12-3-4-13(14(17)6-12)15(9-19-10-15)7-11-2-1-5-18-8-11/h3-4,6,11,18H,1-2,5,7-10H2. The lowest BCUT2D eigenvalue weighted by Crippen LogP contribution is -2.50. The van der Waals surface area contributed by atoms with E-state index >= 15 is 0 Å². The van der Waals surface area contributed by atoms with E-state index in [1.807, 2.05) is 0 Å². The molecule has 0 radical (unpaired) electrons. The van der Waals surface area contributed by atoms with Gasteiger partial charge in [-0.3, -0.25) is 0 Å². The second kappa shape index (κ2) is 5.17. The summed E-state index contributed by atoms with van der Waals surface area (Å²) in [5, 5.41) is 3.39. The molecule has 2 nitrogen and oxygen atoms in total. The van der Waals surface area contributed by atoms with E-state index in [-0.39, 0.29) is 5.41 Å². The Balaban J connectivity index is 1.81. The molecule has 2 saturated heterocycles. The Kier molecular flexibility index (Phi) is 3.54. The maximum Gasteiger partial charge on any atom is 0.130 e. The number of hydrogen-bond donors (Lipinski definition) is 1. The zero-order valence-corrected chi connectivity index (χ0v) is 10.9. The Morgan fingerprint density at radius 3 is 2.74 bits per heavy atom. The maximum absolute atomic E-state index is 14.0. The molecule has 2 aliphatic rings. The number of piperidine rings is 1. The minimum absolute atomic E-state index is 0.249. The van der Waals surface area contributed by atoms with Gasteiger partial charge >= 0.3 is 0 Å². The van der Waals surface area contributed by atoms with Crippen molar-refractivity contribution in [3.05, 3.63) is 35.4 Å². The van der Waals surface area contributed by atoms with Crippen LogP contribution in [0, 0.1) is 17.6 Å². The topological polar surface area (TPSA) is 21.3 Å². The van der Waals surface area contributed by atoms with Gasteiger partial charge in [-0.25, -0.2) is 8.78 Å². The molecule has 0 aromatic heterocycles. The first-order chi connectivity index (χ1) is 9.20. The van der Waals surface area contributed by atoms with Crippen LogP contribution < -0.4 is 5.32 Å². The highest BCUT2D eigenvalue weighted by molar-refractivity contribution is 5.30. The SMILES string of the molecule is Fc1ccc(C2(CC3CCCNC3)COC2)c(F)c1. The molecule has 1 unspecified atom stereocenters. The van der Waals surface area contributed by atoms with Crippen molar-refractivity contribution in [3.8, 4) is 0 Å². The molecule has 19 heavy (non-hydrogen) atoms.